The van der Waals surface area contributed by atoms with Crippen molar-refractivity contribution < 1.29 is 13.6 Å². The number of rotatable bonds is 3. The van der Waals surface area contributed by atoms with E-state index in [0.29, 0.717) is 30.2 Å². The third-order valence-electron chi connectivity index (χ3n) is 4.86. The largest absolute Gasteiger partial charge is 0.324 e. The van der Waals surface area contributed by atoms with Crippen LogP contribution in [0.25, 0.3) is 11.1 Å². The van der Waals surface area contributed by atoms with Gasteiger partial charge in [0.2, 0.25) is 0 Å². The summed E-state index contributed by atoms with van der Waals surface area (Å²) in [6.45, 7) is 2.87. The number of aromatic amines is 1. The maximum absolute atomic E-state index is 14.2. The summed E-state index contributed by atoms with van der Waals surface area (Å²) in [5, 5.41) is 9.77. The van der Waals surface area contributed by atoms with Crippen LogP contribution in [0.1, 0.15) is 24.0 Å². The molecule has 1 atom stereocenters. The van der Waals surface area contributed by atoms with Crippen molar-refractivity contribution in [3.63, 3.8) is 0 Å². The van der Waals surface area contributed by atoms with Crippen LogP contribution in [0.2, 0.25) is 0 Å². The van der Waals surface area contributed by atoms with Crippen molar-refractivity contribution in [3.8, 4) is 11.1 Å². The fourth-order valence-corrected chi connectivity index (χ4v) is 3.46. The van der Waals surface area contributed by atoms with Gasteiger partial charge in [-0.2, -0.15) is 5.10 Å². The van der Waals surface area contributed by atoms with E-state index in [0.717, 1.165) is 12.2 Å². The molecule has 2 amide bonds. The van der Waals surface area contributed by atoms with Crippen LogP contribution in [-0.2, 0) is 0 Å². The van der Waals surface area contributed by atoms with Crippen LogP contribution >= 0.6 is 0 Å². The summed E-state index contributed by atoms with van der Waals surface area (Å²) in [5.41, 5.74) is 0.495. The first-order chi connectivity index (χ1) is 13.5. The predicted octanol–water partition coefficient (Wildman–Crippen LogP) is 4.08. The topological polar surface area (TPSA) is 73.9 Å². The minimum Gasteiger partial charge on any atom is -0.324 e. The smallest absolute Gasteiger partial charge is 0.321 e. The summed E-state index contributed by atoms with van der Waals surface area (Å²) in [5.74, 6) is 0.140. The van der Waals surface area contributed by atoms with Crippen molar-refractivity contribution in [1.82, 2.24) is 20.1 Å². The van der Waals surface area contributed by atoms with Gasteiger partial charge in [-0.1, -0.05) is 24.3 Å². The number of urea groups is 1. The van der Waals surface area contributed by atoms with E-state index in [1.807, 2.05) is 6.92 Å². The van der Waals surface area contributed by atoms with Gasteiger partial charge < -0.3 is 10.2 Å². The first kappa shape index (κ1) is 18.1. The highest BCUT2D eigenvalue weighted by Crippen LogP contribution is 2.33. The van der Waals surface area contributed by atoms with Crippen LogP contribution in [0.4, 0.5) is 19.3 Å². The van der Waals surface area contributed by atoms with Gasteiger partial charge in [-0.15, -0.1) is 0 Å². The highest BCUT2D eigenvalue weighted by Gasteiger charge is 2.30. The Morgan fingerprint density at radius 2 is 1.93 bits per heavy atom. The van der Waals surface area contributed by atoms with Crippen LogP contribution < -0.4 is 5.32 Å². The van der Waals surface area contributed by atoms with Crippen LogP contribution in [0.15, 0.2) is 42.5 Å². The Balaban J connectivity index is 1.53. The van der Waals surface area contributed by atoms with Crippen molar-refractivity contribution in [2.45, 2.75) is 19.3 Å². The molecule has 1 saturated heterocycles. The number of hydrogen-bond donors (Lipinski definition) is 2. The molecular formula is C20H19F2N5O. The van der Waals surface area contributed by atoms with E-state index >= 15 is 0 Å². The summed E-state index contributed by atoms with van der Waals surface area (Å²) in [7, 11) is 0. The van der Waals surface area contributed by atoms with Gasteiger partial charge in [-0.3, -0.25) is 5.10 Å². The molecule has 1 aliphatic rings. The molecule has 1 aromatic heterocycles. The number of hydrogen-bond acceptors (Lipinski definition) is 3. The van der Waals surface area contributed by atoms with Crippen molar-refractivity contribution in [2.24, 2.45) is 0 Å². The molecule has 1 unspecified atom stereocenters. The molecule has 144 valence electrons. The second-order valence-electron chi connectivity index (χ2n) is 6.78. The number of aromatic nitrogens is 3. The fourth-order valence-electron chi connectivity index (χ4n) is 3.46. The lowest BCUT2D eigenvalue weighted by Gasteiger charge is -2.19. The molecule has 1 fully saturated rings. The van der Waals surface area contributed by atoms with E-state index in [-0.39, 0.29) is 17.5 Å². The van der Waals surface area contributed by atoms with Crippen molar-refractivity contribution in [2.75, 3.05) is 18.4 Å². The molecule has 28 heavy (non-hydrogen) atoms. The third-order valence-corrected chi connectivity index (χ3v) is 4.86. The number of carbonyl (C=O) groups excluding carboxylic acids is 1. The molecule has 0 bridgehead atoms. The van der Waals surface area contributed by atoms with Crippen molar-refractivity contribution in [3.05, 3.63) is 65.7 Å². The number of nitrogens with one attached hydrogen (secondary N) is 2. The fraction of sp³-hybridized carbons (Fsp3) is 0.250. The first-order valence-electron chi connectivity index (χ1n) is 9.01. The quantitative estimate of drug-likeness (QED) is 0.716. The number of aryl methyl sites for hydroxylation is 1. The van der Waals surface area contributed by atoms with Gasteiger partial charge in [0.1, 0.15) is 17.5 Å². The predicted molar refractivity (Wildman–Crippen MR) is 101 cm³/mol. The number of nitrogens with zero attached hydrogens (tertiary/aromatic N) is 3. The molecule has 2 heterocycles. The minimum atomic E-state index is -0.678. The molecule has 2 aromatic carbocycles. The van der Waals surface area contributed by atoms with Crippen LogP contribution in [0.3, 0.4) is 0 Å². The molecular weight excluding hydrogens is 364 g/mol. The molecule has 3 aromatic rings. The summed E-state index contributed by atoms with van der Waals surface area (Å²) < 4.78 is 28.4. The van der Waals surface area contributed by atoms with Gasteiger partial charge in [0, 0.05) is 24.6 Å². The van der Waals surface area contributed by atoms with E-state index in [9.17, 15) is 13.6 Å². The average molecular weight is 383 g/mol. The lowest BCUT2D eigenvalue weighted by Crippen LogP contribution is -2.33. The highest BCUT2D eigenvalue weighted by atomic mass is 19.1. The number of para-hydroxylation sites is 1. The van der Waals surface area contributed by atoms with E-state index in [1.54, 1.807) is 29.2 Å². The van der Waals surface area contributed by atoms with Gasteiger partial charge in [-0.25, -0.2) is 18.6 Å². The SMILES string of the molecule is Cc1nc(C2CCN(C(=O)Nc3ccccc3-c3c(F)cccc3F)C2)n[nH]1. The third kappa shape index (κ3) is 3.45. The molecule has 0 aliphatic carbocycles. The average Bonchev–Trinajstić information content (AvgIpc) is 3.32. The van der Waals surface area contributed by atoms with Gasteiger partial charge in [0.25, 0.3) is 0 Å². The Labute approximate surface area is 160 Å². The standard InChI is InChI=1S/C20H19F2N5O/c1-12-23-19(26-25-12)13-9-10-27(11-13)20(28)24-17-8-3-2-5-14(17)18-15(21)6-4-7-16(18)22/h2-8,13H,9-11H2,1H3,(H,24,28)(H,23,25,26). The minimum absolute atomic E-state index is 0.0648. The summed E-state index contributed by atoms with van der Waals surface area (Å²) in [6, 6.07) is 9.98. The molecule has 0 spiro atoms. The summed E-state index contributed by atoms with van der Waals surface area (Å²) in [6.07, 6.45) is 0.758. The van der Waals surface area contributed by atoms with E-state index in [1.165, 1.54) is 18.2 Å². The maximum atomic E-state index is 14.2. The van der Waals surface area contributed by atoms with Crippen molar-refractivity contribution in [1.29, 1.82) is 0 Å². The molecule has 0 radical (unpaired) electrons. The zero-order valence-corrected chi connectivity index (χ0v) is 15.2. The Hall–Kier alpha value is -3.29. The first-order valence-corrected chi connectivity index (χ1v) is 9.01. The summed E-state index contributed by atoms with van der Waals surface area (Å²) in [4.78, 5) is 18.7. The van der Waals surface area contributed by atoms with Crippen LogP contribution in [0.5, 0.6) is 0 Å². The lowest BCUT2D eigenvalue weighted by molar-refractivity contribution is 0.222. The van der Waals surface area contributed by atoms with Crippen molar-refractivity contribution >= 4 is 11.7 Å². The lowest BCUT2D eigenvalue weighted by atomic mass is 10.0. The Morgan fingerprint density at radius 1 is 1.18 bits per heavy atom. The van der Waals surface area contributed by atoms with Gasteiger partial charge >= 0.3 is 6.03 Å². The number of halogens is 2. The van der Waals surface area contributed by atoms with E-state index < -0.39 is 11.6 Å². The normalized spacial score (nSPS) is 16.4. The Kier molecular flexibility index (Phi) is 4.77. The zero-order valence-electron chi connectivity index (χ0n) is 15.2. The number of anilines is 1. The number of benzene rings is 2. The number of likely N-dealkylation sites (tertiary alicyclic amines) is 1. The highest BCUT2D eigenvalue weighted by molar-refractivity contribution is 5.94. The van der Waals surface area contributed by atoms with Gasteiger partial charge in [-0.05, 0) is 31.5 Å². The Bertz CT molecular complexity index is 999. The molecule has 0 saturated carbocycles. The van der Waals surface area contributed by atoms with Gasteiger partial charge in [0.05, 0.1) is 11.3 Å². The number of carbonyl (C=O) groups is 1. The molecule has 8 heteroatoms. The monoisotopic (exact) mass is 383 g/mol. The Morgan fingerprint density at radius 3 is 2.64 bits per heavy atom. The second kappa shape index (κ2) is 7.38. The molecule has 4 rings (SSSR count). The van der Waals surface area contributed by atoms with Crippen LogP contribution in [0, 0.1) is 18.6 Å². The van der Waals surface area contributed by atoms with E-state index in [2.05, 4.69) is 20.5 Å². The molecule has 1 aliphatic heterocycles. The molecule has 2 N–H and O–H groups in total. The van der Waals surface area contributed by atoms with Gasteiger partial charge in [0.15, 0.2) is 5.82 Å². The van der Waals surface area contributed by atoms with Crippen LogP contribution in [-0.4, -0.2) is 39.2 Å². The number of amides is 2. The zero-order chi connectivity index (χ0) is 19.7. The molecule has 6 nitrogen and oxygen atoms in total. The number of H-pyrrole nitrogens is 1. The maximum Gasteiger partial charge on any atom is 0.321 e. The summed E-state index contributed by atoms with van der Waals surface area (Å²) >= 11 is 0. The van der Waals surface area contributed by atoms with E-state index in [4.69, 9.17) is 0 Å². The second-order valence-corrected chi connectivity index (χ2v) is 6.78.